The molecule has 0 aliphatic heterocycles. The van der Waals surface area contributed by atoms with E-state index >= 15 is 0 Å². The number of methoxy groups -OCH3 is 1. The molecular weight excluding hydrogens is 288 g/mol. The van der Waals surface area contributed by atoms with E-state index < -0.39 is 0 Å². The third-order valence-corrected chi connectivity index (χ3v) is 3.51. The Bertz CT molecular complexity index is 867. The Balaban J connectivity index is 1.77. The van der Waals surface area contributed by atoms with Crippen LogP contribution in [0.3, 0.4) is 0 Å². The van der Waals surface area contributed by atoms with Gasteiger partial charge in [0, 0.05) is 5.56 Å². The van der Waals surface area contributed by atoms with Crippen molar-refractivity contribution in [3.63, 3.8) is 0 Å². The van der Waals surface area contributed by atoms with Crippen molar-refractivity contribution < 1.29 is 9.53 Å². The maximum absolute atomic E-state index is 12.3. The van der Waals surface area contributed by atoms with E-state index in [9.17, 15) is 4.79 Å². The fourth-order valence-electron chi connectivity index (χ4n) is 2.37. The highest BCUT2D eigenvalue weighted by Gasteiger charge is 2.08. The highest BCUT2D eigenvalue weighted by Crippen LogP contribution is 2.18. The number of nitrogens with zero attached hydrogens (tertiary/aromatic N) is 1. The number of fused-ring (bicyclic) bond motifs is 1. The monoisotopic (exact) mass is 304 g/mol. The van der Waals surface area contributed by atoms with E-state index in [1.807, 2.05) is 60.7 Å². The number of nitrogens with one attached hydrogen (secondary N) is 1. The summed E-state index contributed by atoms with van der Waals surface area (Å²) >= 11 is 0. The van der Waals surface area contributed by atoms with Crippen LogP contribution in [0.2, 0.25) is 0 Å². The third kappa shape index (κ3) is 3.37. The van der Waals surface area contributed by atoms with Crippen molar-refractivity contribution in [3.05, 3.63) is 77.9 Å². The molecule has 23 heavy (non-hydrogen) atoms. The molecule has 0 saturated carbocycles. The fourth-order valence-corrected chi connectivity index (χ4v) is 2.37. The van der Waals surface area contributed by atoms with Gasteiger partial charge in [0.25, 0.3) is 5.91 Å². The summed E-state index contributed by atoms with van der Waals surface area (Å²) in [6, 6.07) is 20.8. The van der Waals surface area contributed by atoms with Crippen LogP contribution in [-0.2, 0) is 0 Å². The molecule has 0 saturated heterocycles. The number of carbonyl (C=O) groups excluding carboxylic acids is 1. The molecule has 1 amide bonds. The minimum atomic E-state index is -0.235. The van der Waals surface area contributed by atoms with Crippen LogP contribution < -0.4 is 10.2 Å². The summed E-state index contributed by atoms with van der Waals surface area (Å²) in [7, 11) is 1.61. The second kappa shape index (κ2) is 6.75. The Kier molecular flexibility index (Phi) is 4.34. The Morgan fingerprint density at radius 1 is 1.04 bits per heavy atom. The molecule has 0 aliphatic carbocycles. The molecule has 3 aromatic rings. The van der Waals surface area contributed by atoms with Crippen LogP contribution in [0.15, 0.2) is 71.8 Å². The maximum Gasteiger partial charge on any atom is 0.271 e. The predicted molar refractivity (Wildman–Crippen MR) is 92.0 cm³/mol. The number of hydrogen-bond donors (Lipinski definition) is 1. The molecule has 0 spiro atoms. The molecule has 4 nitrogen and oxygen atoms in total. The summed E-state index contributed by atoms with van der Waals surface area (Å²) < 4.78 is 5.15. The Hall–Kier alpha value is -3.14. The van der Waals surface area contributed by atoms with E-state index in [4.69, 9.17) is 4.74 Å². The van der Waals surface area contributed by atoms with Crippen molar-refractivity contribution in [2.75, 3.05) is 7.11 Å². The average molecular weight is 304 g/mol. The van der Waals surface area contributed by atoms with Gasteiger partial charge >= 0.3 is 0 Å². The zero-order valence-corrected chi connectivity index (χ0v) is 12.7. The number of hydrazone groups is 1. The summed E-state index contributed by atoms with van der Waals surface area (Å²) in [6.45, 7) is 0. The summed E-state index contributed by atoms with van der Waals surface area (Å²) in [5, 5.41) is 5.95. The minimum absolute atomic E-state index is 0.235. The number of hydrogen-bond acceptors (Lipinski definition) is 3. The van der Waals surface area contributed by atoms with Crippen molar-refractivity contribution in [1.82, 2.24) is 5.43 Å². The van der Waals surface area contributed by atoms with Gasteiger partial charge in [-0.05, 0) is 34.5 Å². The van der Waals surface area contributed by atoms with Crippen molar-refractivity contribution >= 4 is 22.9 Å². The van der Waals surface area contributed by atoms with Gasteiger partial charge in [-0.2, -0.15) is 5.10 Å². The van der Waals surface area contributed by atoms with E-state index in [-0.39, 0.29) is 5.91 Å². The number of ether oxygens (including phenoxy) is 1. The van der Waals surface area contributed by atoms with E-state index in [2.05, 4.69) is 10.5 Å². The van der Waals surface area contributed by atoms with E-state index in [1.165, 1.54) is 0 Å². The first-order valence-corrected chi connectivity index (χ1v) is 7.23. The number of carbonyl (C=O) groups is 1. The largest absolute Gasteiger partial charge is 0.497 e. The van der Waals surface area contributed by atoms with Crippen molar-refractivity contribution in [1.29, 1.82) is 0 Å². The second-order valence-corrected chi connectivity index (χ2v) is 5.00. The van der Waals surface area contributed by atoms with Gasteiger partial charge in [-0.3, -0.25) is 4.79 Å². The molecule has 0 aromatic heterocycles. The molecule has 0 bridgehead atoms. The van der Waals surface area contributed by atoms with Crippen molar-refractivity contribution in [2.45, 2.75) is 0 Å². The molecule has 0 fully saturated rings. The zero-order chi connectivity index (χ0) is 16.1. The molecule has 0 unspecified atom stereocenters. The second-order valence-electron chi connectivity index (χ2n) is 5.00. The van der Waals surface area contributed by atoms with Gasteiger partial charge in [-0.15, -0.1) is 0 Å². The van der Waals surface area contributed by atoms with Gasteiger partial charge in [-0.1, -0.05) is 48.5 Å². The van der Waals surface area contributed by atoms with Gasteiger partial charge in [0.1, 0.15) is 5.75 Å². The molecular formula is C19H16N2O2. The van der Waals surface area contributed by atoms with Crippen LogP contribution in [0.25, 0.3) is 10.8 Å². The molecule has 1 N–H and O–H groups in total. The highest BCUT2D eigenvalue weighted by atomic mass is 16.5. The molecule has 0 radical (unpaired) electrons. The normalized spacial score (nSPS) is 10.8. The lowest BCUT2D eigenvalue weighted by atomic mass is 10.0. The molecule has 4 heteroatoms. The molecule has 0 heterocycles. The predicted octanol–water partition coefficient (Wildman–Crippen LogP) is 3.61. The maximum atomic E-state index is 12.3. The molecule has 3 aromatic carbocycles. The molecule has 0 atom stereocenters. The Morgan fingerprint density at radius 2 is 1.83 bits per heavy atom. The third-order valence-electron chi connectivity index (χ3n) is 3.51. The lowest BCUT2D eigenvalue weighted by Crippen LogP contribution is -2.17. The Labute approximate surface area is 134 Å². The smallest absolute Gasteiger partial charge is 0.271 e. The number of rotatable bonds is 4. The number of amides is 1. The lowest BCUT2D eigenvalue weighted by molar-refractivity contribution is 0.0957. The molecule has 3 rings (SSSR count). The number of benzene rings is 3. The molecule has 0 aliphatic rings. The quantitative estimate of drug-likeness (QED) is 0.591. The first kappa shape index (κ1) is 14.8. The van der Waals surface area contributed by atoms with Gasteiger partial charge in [0.05, 0.1) is 13.3 Å². The van der Waals surface area contributed by atoms with Gasteiger partial charge < -0.3 is 4.74 Å². The van der Waals surface area contributed by atoms with E-state index in [0.717, 1.165) is 22.1 Å². The highest BCUT2D eigenvalue weighted by molar-refractivity contribution is 6.07. The van der Waals surface area contributed by atoms with Gasteiger partial charge in [0.2, 0.25) is 0 Å². The van der Waals surface area contributed by atoms with E-state index in [1.54, 1.807) is 19.4 Å². The van der Waals surface area contributed by atoms with Gasteiger partial charge in [-0.25, -0.2) is 5.43 Å². The van der Waals surface area contributed by atoms with Gasteiger partial charge in [0.15, 0.2) is 0 Å². The van der Waals surface area contributed by atoms with Crippen LogP contribution in [0.5, 0.6) is 5.75 Å². The van der Waals surface area contributed by atoms with Crippen LogP contribution in [0, 0.1) is 0 Å². The first-order valence-electron chi connectivity index (χ1n) is 7.23. The minimum Gasteiger partial charge on any atom is -0.497 e. The van der Waals surface area contributed by atoms with Crippen LogP contribution in [0.4, 0.5) is 0 Å². The summed E-state index contributed by atoms with van der Waals surface area (Å²) in [6.07, 6.45) is 1.59. The topological polar surface area (TPSA) is 50.7 Å². The summed E-state index contributed by atoms with van der Waals surface area (Å²) in [5.74, 6) is 0.510. The van der Waals surface area contributed by atoms with Crippen molar-refractivity contribution in [3.8, 4) is 5.75 Å². The van der Waals surface area contributed by atoms with Crippen molar-refractivity contribution in [2.24, 2.45) is 5.10 Å². The summed E-state index contributed by atoms with van der Waals surface area (Å²) in [4.78, 5) is 12.3. The first-order chi connectivity index (χ1) is 11.3. The summed E-state index contributed by atoms with van der Waals surface area (Å²) in [5.41, 5.74) is 4.02. The van der Waals surface area contributed by atoms with Crippen LogP contribution in [-0.4, -0.2) is 19.2 Å². The standard InChI is InChI=1S/C19H16N2O2/c1-23-16-9-4-6-14(12-16)13-20-21-19(22)18-11-5-8-15-7-2-3-10-17(15)18/h2-13H,1H3,(H,21,22). The van der Waals surface area contributed by atoms with Crippen LogP contribution in [0.1, 0.15) is 15.9 Å². The Morgan fingerprint density at radius 3 is 2.70 bits per heavy atom. The zero-order valence-electron chi connectivity index (χ0n) is 12.7. The lowest BCUT2D eigenvalue weighted by Gasteiger charge is -2.05. The molecule has 114 valence electrons. The average Bonchev–Trinajstić information content (AvgIpc) is 2.61. The van der Waals surface area contributed by atoms with E-state index in [0.29, 0.717) is 5.56 Å². The fraction of sp³-hybridized carbons (Fsp3) is 0.0526. The van der Waals surface area contributed by atoms with Crippen LogP contribution >= 0.6 is 0 Å². The SMILES string of the molecule is COc1cccc(C=NNC(=O)c2cccc3ccccc23)c1.